The molecule has 6 nitrogen and oxygen atoms in total. The van der Waals surface area contributed by atoms with Gasteiger partial charge in [-0.15, -0.1) is 11.3 Å². The second kappa shape index (κ2) is 6.85. The number of thiazole rings is 1. The maximum atomic E-state index is 12.4. The molecule has 3 aromatic rings. The van der Waals surface area contributed by atoms with Gasteiger partial charge >= 0.3 is 0 Å². The number of carbonyl (C=O) groups excluding carboxylic acids is 1. The van der Waals surface area contributed by atoms with Gasteiger partial charge in [-0.1, -0.05) is 12.1 Å². The first-order valence-electron chi connectivity index (χ1n) is 8.41. The smallest absolute Gasteiger partial charge is 0.243 e. The van der Waals surface area contributed by atoms with Crippen molar-refractivity contribution in [2.45, 2.75) is 25.8 Å². The number of amides is 1. The van der Waals surface area contributed by atoms with Crippen LogP contribution in [0.3, 0.4) is 0 Å². The molecule has 128 valence electrons. The van der Waals surface area contributed by atoms with Gasteiger partial charge in [0, 0.05) is 17.8 Å². The fourth-order valence-electron chi connectivity index (χ4n) is 3.10. The fraction of sp³-hybridized carbons (Fsp3) is 0.333. The van der Waals surface area contributed by atoms with Gasteiger partial charge < -0.3 is 0 Å². The lowest BCUT2D eigenvalue weighted by atomic mass is 10.1. The molecule has 25 heavy (non-hydrogen) atoms. The van der Waals surface area contributed by atoms with Crippen LogP contribution in [0.15, 0.2) is 36.1 Å². The number of aromatic nitrogens is 3. The summed E-state index contributed by atoms with van der Waals surface area (Å²) in [6.07, 6.45) is 5.90. The summed E-state index contributed by atoms with van der Waals surface area (Å²) in [7, 11) is 0. The van der Waals surface area contributed by atoms with E-state index in [9.17, 15) is 4.79 Å². The number of nitrogens with one attached hydrogen (secondary N) is 1. The van der Waals surface area contributed by atoms with Crippen molar-refractivity contribution in [1.82, 2.24) is 19.9 Å². The van der Waals surface area contributed by atoms with E-state index >= 15 is 0 Å². The number of anilines is 1. The van der Waals surface area contributed by atoms with Crippen LogP contribution < -0.4 is 5.32 Å². The third kappa shape index (κ3) is 3.38. The van der Waals surface area contributed by atoms with Crippen molar-refractivity contribution in [3.8, 4) is 10.4 Å². The molecule has 1 saturated heterocycles. The van der Waals surface area contributed by atoms with Crippen molar-refractivity contribution >= 4 is 34.1 Å². The maximum Gasteiger partial charge on any atom is 0.243 e. The van der Waals surface area contributed by atoms with Crippen LogP contribution in [0.4, 0.5) is 5.95 Å². The molecule has 0 saturated carbocycles. The van der Waals surface area contributed by atoms with Crippen molar-refractivity contribution in [2.75, 3.05) is 18.4 Å². The Balaban J connectivity index is 1.56. The van der Waals surface area contributed by atoms with Crippen molar-refractivity contribution in [2.24, 2.45) is 0 Å². The molecule has 0 aliphatic carbocycles. The predicted molar refractivity (Wildman–Crippen MR) is 99.5 cm³/mol. The van der Waals surface area contributed by atoms with Crippen molar-refractivity contribution in [3.63, 3.8) is 0 Å². The molecule has 1 N–H and O–H groups in total. The topological polar surface area (TPSA) is 71.0 Å². The third-order valence-corrected chi connectivity index (χ3v) is 5.42. The highest BCUT2D eigenvalue weighted by Gasteiger charge is 2.24. The average molecular weight is 353 g/mol. The highest BCUT2D eigenvalue weighted by Crippen LogP contribution is 2.26. The largest absolute Gasteiger partial charge is 0.293 e. The predicted octanol–water partition coefficient (Wildman–Crippen LogP) is 3.18. The van der Waals surface area contributed by atoms with Crippen LogP contribution in [0.25, 0.3) is 21.3 Å². The van der Waals surface area contributed by atoms with Crippen LogP contribution in [-0.4, -0.2) is 44.9 Å². The van der Waals surface area contributed by atoms with Crippen molar-refractivity contribution < 1.29 is 4.79 Å². The number of rotatable bonds is 4. The molecule has 4 rings (SSSR count). The highest BCUT2D eigenvalue weighted by molar-refractivity contribution is 7.13. The molecule has 1 aromatic carbocycles. The Hall–Kier alpha value is -2.38. The van der Waals surface area contributed by atoms with E-state index in [0.29, 0.717) is 5.95 Å². The first-order valence-corrected chi connectivity index (χ1v) is 9.29. The molecular weight excluding hydrogens is 334 g/mol. The number of nitrogens with zero attached hydrogens (tertiary/aromatic N) is 4. The Bertz CT molecular complexity index is 890. The number of likely N-dealkylation sites (tertiary alicyclic amines) is 1. The quantitative estimate of drug-likeness (QED) is 0.780. The van der Waals surface area contributed by atoms with Gasteiger partial charge in [-0.25, -0.2) is 9.97 Å². The van der Waals surface area contributed by atoms with Gasteiger partial charge in [-0.2, -0.15) is 0 Å². The number of fused-ring (bicyclic) bond motifs is 1. The molecule has 1 unspecified atom stereocenters. The summed E-state index contributed by atoms with van der Waals surface area (Å²) in [6, 6.07) is 5.87. The normalized spacial score (nSPS) is 16.2. The minimum absolute atomic E-state index is 0.0557. The maximum absolute atomic E-state index is 12.4. The van der Waals surface area contributed by atoms with Crippen LogP contribution >= 0.6 is 11.3 Å². The van der Waals surface area contributed by atoms with E-state index in [2.05, 4.69) is 25.2 Å². The van der Waals surface area contributed by atoms with E-state index in [1.807, 2.05) is 36.8 Å². The van der Waals surface area contributed by atoms with Gasteiger partial charge in [0.15, 0.2) is 0 Å². The molecule has 1 aliphatic heterocycles. The summed E-state index contributed by atoms with van der Waals surface area (Å²) >= 11 is 1.59. The standard InChI is InChI=1S/C18H19N5OS/c1-12(23-6-2-3-7-23)17(24)22-18-20-9-14-5-4-13(8-15(14)21-18)16-10-19-11-25-16/h4-5,8-12H,2-3,6-7H2,1H3,(H,20,21,22,24). The molecular formula is C18H19N5OS. The lowest BCUT2D eigenvalue weighted by Crippen LogP contribution is -2.40. The number of hydrogen-bond donors (Lipinski definition) is 1. The second-order valence-corrected chi connectivity index (χ2v) is 7.13. The molecule has 1 amide bonds. The Kier molecular flexibility index (Phi) is 4.42. The van der Waals surface area contributed by atoms with E-state index in [0.717, 1.165) is 47.3 Å². The zero-order chi connectivity index (χ0) is 17.2. The molecule has 0 spiro atoms. The van der Waals surface area contributed by atoms with Gasteiger partial charge in [-0.3, -0.25) is 20.0 Å². The highest BCUT2D eigenvalue weighted by atomic mass is 32.1. The summed E-state index contributed by atoms with van der Waals surface area (Å²) in [5.41, 5.74) is 3.69. The van der Waals surface area contributed by atoms with Crippen LogP contribution in [0, 0.1) is 0 Å². The van der Waals surface area contributed by atoms with Gasteiger partial charge in [0.05, 0.1) is 21.9 Å². The Morgan fingerprint density at radius 1 is 1.28 bits per heavy atom. The fourth-order valence-corrected chi connectivity index (χ4v) is 3.72. The first-order chi connectivity index (χ1) is 12.2. The molecule has 7 heteroatoms. The van der Waals surface area contributed by atoms with Crippen LogP contribution in [0.2, 0.25) is 0 Å². The van der Waals surface area contributed by atoms with E-state index in [1.165, 1.54) is 0 Å². The zero-order valence-corrected chi connectivity index (χ0v) is 14.8. The SMILES string of the molecule is CC(C(=O)Nc1ncc2ccc(-c3cncs3)cc2n1)N1CCCC1. The van der Waals surface area contributed by atoms with Crippen LogP contribution in [0.5, 0.6) is 0 Å². The molecule has 0 radical (unpaired) electrons. The molecule has 1 fully saturated rings. The molecule has 3 heterocycles. The van der Waals surface area contributed by atoms with Crippen LogP contribution in [0.1, 0.15) is 19.8 Å². The summed E-state index contributed by atoms with van der Waals surface area (Å²) in [6.45, 7) is 3.89. The Morgan fingerprint density at radius 3 is 2.88 bits per heavy atom. The Labute approximate surface area is 149 Å². The van der Waals surface area contributed by atoms with Gasteiger partial charge in [0.2, 0.25) is 11.9 Å². The number of carbonyl (C=O) groups is 1. The minimum Gasteiger partial charge on any atom is -0.293 e. The first kappa shape index (κ1) is 16.1. The zero-order valence-electron chi connectivity index (χ0n) is 14.0. The summed E-state index contributed by atoms with van der Waals surface area (Å²) in [4.78, 5) is 28.6. The van der Waals surface area contributed by atoms with Crippen molar-refractivity contribution in [3.05, 3.63) is 36.1 Å². The summed E-state index contributed by atoms with van der Waals surface area (Å²) in [5.74, 6) is 0.296. The average Bonchev–Trinajstić information content (AvgIpc) is 3.34. The number of benzene rings is 1. The van der Waals surface area contributed by atoms with Crippen LogP contribution in [-0.2, 0) is 4.79 Å². The third-order valence-electron chi connectivity index (χ3n) is 4.60. The van der Waals surface area contributed by atoms with Gasteiger partial charge in [0.1, 0.15) is 0 Å². The number of hydrogen-bond acceptors (Lipinski definition) is 6. The molecule has 2 aromatic heterocycles. The lowest BCUT2D eigenvalue weighted by molar-refractivity contribution is -0.120. The van der Waals surface area contributed by atoms with E-state index in [1.54, 1.807) is 17.5 Å². The van der Waals surface area contributed by atoms with Gasteiger partial charge in [0.25, 0.3) is 0 Å². The van der Waals surface area contributed by atoms with E-state index < -0.39 is 0 Å². The van der Waals surface area contributed by atoms with Gasteiger partial charge in [-0.05, 0) is 44.5 Å². The molecule has 0 bridgehead atoms. The summed E-state index contributed by atoms with van der Waals surface area (Å²) < 4.78 is 0. The Morgan fingerprint density at radius 2 is 2.12 bits per heavy atom. The summed E-state index contributed by atoms with van der Waals surface area (Å²) in [5, 5.41) is 3.80. The monoisotopic (exact) mass is 353 g/mol. The van der Waals surface area contributed by atoms with E-state index in [4.69, 9.17) is 0 Å². The lowest BCUT2D eigenvalue weighted by Gasteiger charge is -2.22. The second-order valence-electron chi connectivity index (χ2n) is 6.24. The molecule has 1 aliphatic rings. The van der Waals surface area contributed by atoms with E-state index in [-0.39, 0.29) is 11.9 Å². The van der Waals surface area contributed by atoms with Crippen molar-refractivity contribution in [1.29, 1.82) is 0 Å². The molecule has 1 atom stereocenters. The minimum atomic E-state index is -0.162.